The molecule has 7 nitrogen and oxygen atoms in total. The number of carbonyl (C=O) groups is 1. The van der Waals surface area contributed by atoms with Crippen molar-refractivity contribution >= 4 is 34.3 Å². The van der Waals surface area contributed by atoms with Gasteiger partial charge < -0.3 is 14.6 Å². The summed E-state index contributed by atoms with van der Waals surface area (Å²) in [4.78, 5) is 20.9. The van der Waals surface area contributed by atoms with Gasteiger partial charge in [-0.25, -0.2) is 4.39 Å². The molecule has 0 spiro atoms. The van der Waals surface area contributed by atoms with E-state index in [9.17, 15) is 9.18 Å². The van der Waals surface area contributed by atoms with Gasteiger partial charge in [0, 0.05) is 16.3 Å². The van der Waals surface area contributed by atoms with Crippen LogP contribution in [0.3, 0.4) is 0 Å². The van der Waals surface area contributed by atoms with Crippen molar-refractivity contribution in [2.75, 3.05) is 11.9 Å². The minimum Gasteiger partial charge on any atom is -0.467 e. The first-order valence-electron chi connectivity index (χ1n) is 9.00. The van der Waals surface area contributed by atoms with Crippen molar-refractivity contribution in [3.63, 3.8) is 0 Å². The van der Waals surface area contributed by atoms with Crippen molar-refractivity contribution in [2.24, 2.45) is 0 Å². The molecular formula is C21H16ClFN4O3. The van der Waals surface area contributed by atoms with E-state index in [1.807, 2.05) is 0 Å². The molecule has 0 bridgehead atoms. The highest BCUT2D eigenvalue weighted by molar-refractivity contribution is 6.31. The summed E-state index contributed by atoms with van der Waals surface area (Å²) < 4.78 is 24.6. The van der Waals surface area contributed by atoms with Crippen LogP contribution >= 0.6 is 11.6 Å². The summed E-state index contributed by atoms with van der Waals surface area (Å²) in [5.41, 5.74) is 2.32. The average Bonchev–Trinajstić information content (AvgIpc) is 3.13. The number of nitrogens with one attached hydrogen (secondary N) is 1. The van der Waals surface area contributed by atoms with Crippen molar-refractivity contribution in [3.05, 3.63) is 64.7 Å². The fourth-order valence-electron chi connectivity index (χ4n) is 2.93. The largest absolute Gasteiger partial charge is 0.467 e. The van der Waals surface area contributed by atoms with Gasteiger partial charge in [0.2, 0.25) is 5.88 Å². The molecule has 1 N–H and O–H groups in total. The Balaban J connectivity index is 1.61. The van der Waals surface area contributed by atoms with Gasteiger partial charge in [-0.2, -0.15) is 9.97 Å². The highest BCUT2D eigenvalue weighted by Gasteiger charge is 2.20. The lowest BCUT2D eigenvalue weighted by molar-refractivity contribution is -0.118. The van der Waals surface area contributed by atoms with Gasteiger partial charge in [-0.3, -0.25) is 4.79 Å². The van der Waals surface area contributed by atoms with Crippen LogP contribution in [0.25, 0.3) is 22.4 Å². The predicted molar refractivity (Wildman–Crippen MR) is 110 cm³/mol. The van der Waals surface area contributed by atoms with Crippen LogP contribution in [-0.2, 0) is 4.79 Å². The van der Waals surface area contributed by atoms with Crippen LogP contribution in [0.4, 0.5) is 10.1 Å². The number of ether oxygens (including phenoxy) is 1. The van der Waals surface area contributed by atoms with Gasteiger partial charge in [0.05, 0.1) is 0 Å². The van der Waals surface area contributed by atoms with Gasteiger partial charge in [-0.15, -0.1) is 0 Å². The first-order valence-corrected chi connectivity index (χ1v) is 9.38. The molecule has 0 fully saturated rings. The molecule has 2 heterocycles. The van der Waals surface area contributed by atoms with E-state index in [0.717, 1.165) is 5.56 Å². The maximum Gasteiger partial charge on any atom is 0.265 e. The predicted octanol–water partition coefficient (Wildman–Crippen LogP) is 4.71. The molecule has 4 rings (SSSR count). The number of anilines is 1. The molecule has 0 unspecified atom stereocenters. The number of carbonyl (C=O) groups excluding carboxylic acids is 1. The number of aryl methyl sites for hydroxylation is 1. The summed E-state index contributed by atoms with van der Waals surface area (Å²) in [5, 5.41) is 7.64. The molecule has 30 heavy (non-hydrogen) atoms. The van der Waals surface area contributed by atoms with Crippen molar-refractivity contribution < 1.29 is 18.4 Å². The van der Waals surface area contributed by atoms with Crippen molar-refractivity contribution in [2.45, 2.75) is 13.8 Å². The summed E-state index contributed by atoms with van der Waals surface area (Å²) in [7, 11) is 0. The summed E-state index contributed by atoms with van der Waals surface area (Å²) in [5.74, 6) is -0.314. The molecular weight excluding hydrogens is 411 g/mol. The molecule has 1 amide bonds. The second-order valence-corrected chi connectivity index (χ2v) is 6.95. The SMILES string of the molecule is Cc1nc(OCC(=O)Nc2cccc(Cl)c2C)c2c(-c3cccc(F)c3)noc2n1. The van der Waals surface area contributed by atoms with Gasteiger partial charge in [-0.05, 0) is 43.7 Å². The molecule has 2 aromatic heterocycles. The Morgan fingerprint density at radius 3 is 2.80 bits per heavy atom. The van der Waals surface area contributed by atoms with E-state index in [4.69, 9.17) is 20.9 Å². The van der Waals surface area contributed by atoms with Crippen LogP contribution < -0.4 is 10.1 Å². The highest BCUT2D eigenvalue weighted by Crippen LogP contribution is 2.33. The maximum absolute atomic E-state index is 13.7. The van der Waals surface area contributed by atoms with Gasteiger partial charge >= 0.3 is 0 Å². The number of halogens is 2. The van der Waals surface area contributed by atoms with Gasteiger partial charge in [0.15, 0.2) is 6.61 Å². The third-order valence-electron chi connectivity index (χ3n) is 4.39. The minimum absolute atomic E-state index is 0.121. The van der Waals surface area contributed by atoms with E-state index in [1.54, 1.807) is 44.2 Å². The van der Waals surface area contributed by atoms with Crippen LogP contribution in [-0.4, -0.2) is 27.6 Å². The molecule has 152 valence electrons. The zero-order valence-corrected chi connectivity index (χ0v) is 16.8. The Labute approximate surface area is 175 Å². The van der Waals surface area contributed by atoms with Gasteiger partial charge in [-0.1, -0.05) is 35.0 Å². The molecule has 0 aliphatic rings. The van der Waals surface area contributed by atoms with E-state index in [2.05, 4.69) is 20.4 Å². The number of hydrogen-bond donors (Lipinski definition) is 1. The Hall–Kier alpha value is -3.52. The lowest BCUT2D eigenvalue weighted by Crippen LogP contribution is -2.21. The quantitative estimate of drug-likeness (QED) is 0.497. The van der Waals surface area contributed by atoms with E-state index < -0.39 is 11.7 Å². The number of benzene rings is 2. The van der Waals surface area contributed by atoms with E-state index >= 15 is 0 Å². The summed E-state index contributed by atoms with van der Waals surface area (Å²) in [6.07, 6.45) is 0. The topological polar surface area (TPSA) is 90.1 Å². The maximum atomic E-state index is 13.7. The molecule has 9 heteroatoms. The number of hydrogen-bond acceptors (Lipinski definition) is 6. The minimum atomic E-state index is -0.421. The molecule has 0 saturated carbocycles. The lowest BCUT2D eigenvalue weighted by Gasteiger charge is -2.11. The van der Waals surface area contributed by atoms with Crippen LogP contribution in [0, 0.1) is 19.7 Å². The number of amides is 1. The first kappa shape index (κ1) is 19.8. The molecule has 0 radical (unpaired) electrons. The van der Waals surface area contributed by atoms with Crippen LogP contribution in [0.5, 0.6) is 5.88 Å². The fourth-order valence-corrected chi connectivity index (χ4v) is 3.10. The number of aromatic nitrogens is 3. The van der Waals surface area contributed by atoms with Crippen LogP contribution in [0.15, 0.2) is 47.0 Å². The second kappa shape index (κ2) is 8.08. The molecule has 0 saturated heterocycles. The molecule has 0 aliphatic heterocycles. The Kier molecular flexibility index (Phi) is 5.33. The van der Waals surface area contributed by atoms with E-state index in [1.165, 1.54) is 12.1 Å². The zero-order valence-electron chi connectivity index (χ0n) is 16.1. The summed E-state index contributed by atoms with van der Waals surface area (Å²) >= 11 is 6.08. The molecule has 2 aromatic carbocycles. The lowest BCUT2D eigenvalue weighted by atomic mass is 10.1. The van der Waals surface area contributed by atoms with Crippen molar-refractivity contribution in [1.29, 1.82) is 0 Å². The highest BCUT2D eigenvalue weighted by atomic mass is 35.5. The summed E-state index contributed by atoms with van der Waals surface area (Å²) in [6.45, 7) is 3.15. The Morgan fingerprint density at radius 1 is 1.20 bits per heavy atom. The third-order valence-corrected chi connectivity index (χ3v) is 4.80. The second-order valence-electron chi connectivity index (χ2n) is 6.55. The molecule has 0 aliphatic carbocycles. The standard InChI is InChI=1S/C21H16ClFN4O3/c1-11-15(22)7-4-8-16(11)26-17(28)10-29-20-18-19(13-5-3-6-14(23)9-13)27-30-21(18)25-12(2)24-20/h3-9H,10H2,1-2H3,(H,26,28). The number of rotatable bonds is 5. The number of nitrogens with zero attached hydrogens (tertiary/aromatic N) is 3. The van der Waals surface area contributed by atoms with Gasteiger partial charge in [0.1, 0.15) is 22.7 Å². The smallest absolute Gasteiger partial charge is 0.265 e. The zero-order chi connectivity index (χ0) is 21.3. The normalized spacial score (nSPS) is 10.9. The third kappa shape index (κ3) is 3.95. The Morgan fingerprint density at radius 2 is 2.00 bits per heavy atom. The summed E-state index contributed by atoms with van der Waals surface area (Å²) in [6, 6.07) is 11.1. The van der Waals surface area contributed by atoms with Crippen LogP contribution in [0.2, 0.25) is 5.02 Å². The van der Waals surface area contributed by atoms with E-state index in [-0.39, 0.29) is 18.2 Å². The van der Waals surface area contributed by atoms with Gasteiger partial charge in [0.25, 0.3) is 11.6 Å². The Bertz CT molecular complexity index is 1260. The fraction of sp³-hybridized carbons (Fsp3) is 0.143. The van der Waals surface area contributed by atoms with E-state index in [0.29, 0.717) is 33.2 Å². The molecule has 0 atom stereocenters. The van der Waals surface area contributed by atoms with Crippen LogP contribution in [0.1, 0.15) is 11.4 Å². The number of fused-ring (bicyclic) bond motifs is 1. The monoisotopic (exact) mass is 426 g/mol. The molecule has 4 aromatic rings. The van der Waals surface area contributed by atoms with Crippen molar-refractivity contribution in [1.82, 2.24) is 15.1 Å². The first-order chi connectivity index (χ1) is 14.4. The van der Waals surface area contributed by atoms with Crippen molar-refractivity contribution in [3.8, 4) is 17.1 Å². The average molecular weight is 427 g/mol.